The van der Waals surface area contributed by atoms with Crippen LogP contribution in [0.3, 0.4) is 0 Å². The van der Waals surface area contributed by atoms with E-state index in [2.05, 4.69) is 68.8 Å². The number of rotatable bonds is 3. The number of anilines is 2. The molecule has 0 bridgehead atoms. The summed E-state index contributed by atoms with van der Waals surface area (Å²) in [4.78, 5) is 24.2. The van der Waals surface area contributed by atoms with Crippen LogP contribution in [0.1, 0.15) is 90.1 Å². The molecule has 9 heteroatoms. The van der Waals surface area contributed by atoms with E-state index in [0.717, 1.165) is 73.8 Å². The molecule has 1 aliphatic heterocycles. The lowest BCUT2D eigenvalue weighted by Gasteiger charge is -2.43. The van der Waals surface area contributed by atoms with Crippen molar-refractivity contribution < 1.29 is 13.8 Å². The van der Waals surface area contributed by atoms with E-state index >= 15 is 0 Å². The molecule has 4 aliphatic rings. The van der Waals surface area contributed by atoms with Gasteiger partial charge < -0.3 is 9.73 Å². The van der Waals surface area contributed by atoms with Gasteiger partial charge in [0.15, 0.2) is 10.5 Å². The highest BCUT2D eigenvalue weighted by Crippen LogP contribution is 2.42. The molecule has 206 valence electrons. The Kier molecular flexibility index (Phi) is 9.07. The van der Waals surface area contributed by atoms with Gasteiger partial charge in [-0.2, -0.15) is 10.3 Å². The third-order valence-corrected chi connectivity index (χ3v) is 8.76. The van der Waals surface area contributed by atoms with Crippen molar-refractivity contribution in [3.8, 4) is 0 Å². The van der Waals surface area contributed by atoms with Gasteiger partial charge in [0.05, 0.1) is 18.8 Å². The number of nitrogens with one attached hydrogen (secondary N) is 3. The summed E-state index contributed by atoms with van der Waals surface area (Å²) in [5, 5.41) is 11.7. The van der Waals surface area contributed by atoms with Crippen LogP contribution in [0.25, 0.3) is 18.2 Å². The van der Waals surface area contributed by atoms with E-state index in [4.69, 9.17) is 4.42 Å². The first kappa shape index (κ1) is 28.1. The molecule has 1 fully saturated rings. The van der Waals surface area contributed by atoms with Crippen molar-refractivity contribution in [1.29, 1.82) is 0 Å². The summed E-state index contributed by atoms with van der Waals surface area (Å²) >= 11 is 1.60. The van der Waals surface area contributed by atoms with Gasteiger partial charge in [-0.05, 0) is 70.4 Å². The first-order valence-electron chi connectivity index (χ1n) is 14.3. The van der Waals surface area contributed by atoms with E-state index in [1.165, 1.54) is 4.88 Å². The number of guanidine groups is 1. The Labute approximate surface area is 230 Å². The Morgan fingerprint density at radius 3 is 2.58 bits per heavy atom. The quantitative estimate of drug-likeness (QED) is 0.499. The second kappa shape index (κ2) is 12.3. The molecule has 8 nitrogen and oxygen atoms in total. The molecule has 3 N–H and O–H groups in total. The summed E-state index contributed by atoms with van der Waals surface area (Å²) in [5.41, 5.74) is 1.56. The standard InChI is InChI=1S/C25H30N6O2S.2C2H6/c1-15-20(21(32)29-24-28-17-10-4-6-12-19(17)34-24)25(13-7-8-14-25)31(2)22(26-15)30-23-27-16-9-3-5-11-18(16)33-23;2*1-2/h4,9-11,15,20H,3,5-8,12-14H2,1-2H3,(H2,26,27,28,29,30,32);2*1-2H3/p+1. The van der Waals surface area contributed by atoms with E-state index in [1.54, 1.807) is 11.3 Å². The first-order chi connectivity index (χ1) is 18.5. The molecule has 3 heterocycles. The predicted octanol–water partition coefficient (Wildman–Crippen LogP) is 4.47. The zero-order chi connectivity index (χ0) is 27.3. The number of oxazole rings is 1. The van der Waals surface area contributed by atoms with Crippen LogP contribution in [0.15, 0.2) is 10.5 Å². The maximum Gasteiger partial charge on any atom is 0.365 e. The van der Waals surface area contributed by atoms with Crippen LogP contribution in [-0.4, -0.2) is 45.0 Å². The molecule has 3 aliphatic carbocycles. The van der Waals surface area contributed by atoms with Crippen LogP contribution in [0.5, 0.6) is 0 Å². The van der Waals surface area contributed by atoms with E-state index in [9.17, 15) is 4.79 Å². The molecule has 6 rings (SSSR count). The molecule has 2 atom stereocenters. The minimum atomic E-state index is -0.266. The predicted molar refractivity (Wildman–Crippen MR) is 157 cm³/mol. The smallest absolute Gasteiger partial charge is 0.365 e. The number of fused-ring (bicyclic) bond motifs is 2. The van der Waals surface area contributed by atoms with Crippen molar-refractivity contribution in [1.82, 2.24) is 15.3 Å². The average Bonchev–Trinajstić information content (AvgIpc) is 3.68. The van der Waals surface area contributed by atoms with Gasteiger partial charge in [0.2, 0.25) is 5.91 Å². The van der Waals surface area contributed by atoms with Crippen molar-refractivity contribution in [3.63, 3.8) is 0 Å². The Morgan fingerprint density at radius 2 is 1.87 bits per heavy atom. The van der Waals surface area contributed by atoms with Crippen LogP contribution in [0.4, 0.5) is 11.1 Å². The first-order valence-corrected chi connectivity index (χ1v) is 15.1. The Bertz CT molecular complexity index is 1280. The lowest BCUT2D eigenvalue weighted by atomic mass is 9.75. The molecule has 1 saturated carbocycles. The zero-order valence-corrected chi connectivity index (χ0v) is 24.5. The number of nitrogens with zero attached hydrogens (tertiary/aromatic N) is 3. The minimum Gasteiger partial charge on any atom is -0.412 e. The van der Waals surface area contributed by atoms with Crippen molar-refractivity contribution >= 4 is 52.6 Å². The number of allylic oxidation sites excluding steroid dienone is 1. The van der Waals surface area contributed by atoms with Crippen molar-refractivity contribution in [2.75, 3.05) is 17.7 Å². The van der Waals surface area contributed by atoms with Gasteiger partial charge in [-0.25, -0.2) is 4.98 Å². The number of carbonyl (C=O) groups is 1. The monoisotopic (exact) mass is 539 g/mol. The summed E-state index contributed by atoms with van der Waals surface area (Å²) < 4.78 is 8.17. The zero-order valence-electron chi connectivity index (χ0n) is 23.7. The van der Waals surface area contributed by atoms with E-state index < -0.39 is 0 Å². The van der Waals surface area contributed by atoms with Crippen LogP contribution >= 0.6 is 11.3 Å². The van der Waals surface area contributed by atoms with E-state index in [1.807, 2.05) is 27.7 Å². The van der Waals surface area contributed by atoms with Gasteiger partial charge in [-0.1, -0.05) is 39.8 Å². The lowest BCUT2D eigenvalue weighted by molar-refractivity contribution is -0.598. The molecule has 1 amide bonds. The fraction of sp³-hybridized carbons (Fsp3) is 0.586. The summed E-state index contributed by atoms with van der Waals surface area (Å²) in [7, 11) is 2.07. The molecule has 0 saturated heterocycles. The molecular weight excluding hydrogens is 496 g/mol. The number of hydrogen-bond acceptors (Lipinski definition) is 7. The van der Waals surface area contributed by atoms with Crippen LogP contribution in [0, 0.1) is 5.92 Å². The number of carbonyl (C=O) groups excluding carboxylic acids is 1. The van der Waals surface area contributed by atoms with Gasteiger partial charge in [-0.3, -0.25) is 14.7 Å². The maximum atomic E-state index is 13.7. The third kappa shape index (κ3) is 5.30. The summed E-state index contributed by atoms with van der Waals surface area (Å²) in [6, 6.07) is 0.424. The Balaban J connectivity index is 0.000000804. The second-order valence-corrected chi connectivity index (χ2v) is 10.8. The third-order valence-electron chi connectivity index (χ3n) is 7.71. The Hall–Kier alpha value is -2.94. The van der Waals surface area contributed by atoms with Crippen LogP contribution < -0.4 is 26.7 Å². The van der Waals surface area contributed by atoms with Crippen molar-refractivity contribution in [2.24, 2.45) is 5.92 Å². The van der Waals surface area contributed by atoms with E-state index in [0.29, 0.717) is 11.1 Å². The fourth-order valence-corrected chi connectivity index (χ4v) is 7.03. The number of aromatic nitrogens is 2. The molecule has 2 unspecified atom stereocenters. The van der Waals surface area contributed by atoms with Gasteiger partial charge in [0.25, 0.3) is 0 Å². The number of hydrogen-bond donors (Lipinski definition) is 3. The number of amides is 1. The fourth-order valence-electron chi connectivity index (χ4n) is 6.06. The van der Waals surface area contributed by atoms with Crippen LogP contribution in [-0.2, 0) is 11.2 Å². The highest BCUT2D eigenvalue weighted by molar-refractivity contribution is 7.16. The lowest BCUT2D eigenvalue weighted by Crippen LogP contribution is -2.66. The topological polar surface area (TPSA) is 95.1 Å². The van der Waals surface area contributed by atoms with Gasteiger partial charge in [0, 0.05) is 4.88 Å². The molecular formula is C29H43N6O2S+. The number of aryl methyl sites for hydroxylation is 1. The minimum absolute atomic E-state index is 0.0404. The molecule has 0 radical (unpaired) electrons. The maximum absolute atomic E-state index is 13.7. The summed E-state index contributed by atoms with van der Waals surface area (Å²) in [5.74, 6) is 0.673. The summed E-state index contributed by atoms with van der Waals surface area (Å²) in [6.45, 7) is 10.1. The Morgan fingerprint density at radius 1 is 1.13 bits per heavy atom. The van der Waals surface area contributed by atoms with E-state index in [-0.39, 0.29) is 23.4 Å². The SMILES string of the molecule is CC.CC.CC1NC(Nc2nc3c(o2)=CCCC=3)=[N+](C)C2(CCCC2)C1C(=O)Nc1nc2c(s1)CCC=C2. The van der Waals surface area contributed by atoms with Gasteiger partial charge in [0.1, 0.15) is 16.8 Å². The molecule has 2 aromatic rings. The molecule has 2 aromatic heterocycles. The molecule has 38 heavy (non-hydrogen) atoms. The average molecular weight is 540 g/mol. The van der Waals surface area contributed by atoms with Crippen LogP contribution in [0.2, 0.25) is 0 Å². The highest BCUT2D eigenvalue weighted by atomic mass is 32.1. The van der Waals surface area contributed by atoms with Gasteiger partial charge >= 0.3 is 12.0 Å². The number of thiazole rings is 1. The normalized spacial score (nSPS) is 22.4. The van der Waals surface area contributed by atoms with Crippen molar-refractivity contribution in [3.05, 3.63) is 27.4 Å². The summed E-state index contributed by atoms with van der Waals surface area (Å²) in [6.07, 6.45) is 16.6. The van der Waals surface area contributed by atoms with Crippen molar-refractivity contribution in [2.45, 2.75) is 97.6 Å². The molecule has 0 aromatic carbocycles. The molecule has 1 spiro atoms. The van der Waals surface area contributed by atoms with Gasteiger partial charge in [-0.15, -0.1) is 11.3 Å². The second-order valence-electron chi connectivity index (χ2n) is 9.77. The largest absolute Gasteiger partial charge is 0.412 e. The highest BCUT2D eigenvalue weighted by Gasteiger charge is 2.56.